The van der Waals surface area contributed by atoms with E-state index < -0.39 is 6.10 Å². The van der Waals surface area contributed by atoms with E-state index in [1.165, 1.54) is 0 Å². The van der Waals surface area contributed by atoms with Gasteiger partial charge in [-0.05, 0) is 36.1 Å². The summed E-state index contributed by atoms with van der Waals surface area (Å²) in [6, 6.07) is 11.4. The van der Waals surface area contributed by atoms with Gasteiger partial charge in [0, 0.05) is 31.0 Å². The topological polar surface area (TPSA) is 62.7 Å². The maximum atomic E-state index is 12.5. The number of aromatic nitrogens is 1. The first-order valence-corrected chi connectivity index (χ1v) is 8.68. The summed E-state index contributed by atoms with van der Waals surface area (Å²) in [5, 5.41) is 9.97. The fourth-order valence-corrected chi connectivity index (χ4v) is 2.96. The molecule has 0 bridgehead atoms. The van der Waals surface area contributed by atoms with E-state index in [1.807, 2.05) is 43.3 Å². The summed E-state index contributed by atoms with van der Waals surface area (Å²) in [6.45, 7) is 3.61. The lowest BCUT2D eigenvalue weighted by Gasteiger charge is -2.34. The number of carbonyl (C=O) groups is 1. The average Bonchev–Trinajstić information content (AvgIpc) is 2.63. The highest BCUT2D eigenvalue weighted by Gasteiger charge is 2.27. The molecule has 1 aromatic heterocycles. The van der Waals surface area contributed by atoms with Crippen molar-refractivity contribution in [2.45, 2.75) is 32.5 Å². The molecule has 132 valence electrons. The van der Waals surface area contributed by atoms with E-state index >= 15 is 0 Å². The van der Waals surface area contributed by atoms with E-state index in [9.17, 15) is 9.90 Å². The Bertz CT molecular complexity index is 705. The Morgan fingerprint density at radius 1 is 1.32 bits per heavy atom. The van der Waals surface area contributed by atoms with Crippen LogP contribution in [0.4, 0.5) is 0 Å². The average molecular weight is 340 g/mol. The third-order valence-corrected chi connectivity index (χ3v) is 4.65. The molecule has 2 unspecified atom stereocenters. The summed E-state index contributed by atoms with van der Waals surface area (Å²) in [5.74, 6) is 1.05. The molecule has 2 atom stereocenters. The van der Waals surface area contributed by atoms with Crippen LogP contribution >= 0.6 is 0 Å². The third kappa shape index (κ3) is 4.79. The number of likely N-dealkylation sites (tertiary alicyclic amines) is 1. The lowest BCUT2D eigenvalue weighted by Crippen LogP contribution is -2.46. The van der Waals surface area contributed by atoms with Crippen molar-refractivity contribution in [1.82, 2.24) is 9.88 Å². The Morgan fingerprint density at radius 3 is 2.92 bits per heavy atom. The van der Waals surface area contributed by atoms with Crippen LogP contribution in [0.3, 0.4) is 0 Å². The molecule has 1 N–H and O–H groups in total. The second-order valence-corrected chi connectivity index (χ2v) is 6.65. The number of β-amino-alcohol motifs (C(OH)–C–C–N with tert-alkyl or cyclic N) is 1. The van der Waals surface area contributed by atoms with Gasteiger partial charge >= 0.3 is 0 Å². The van der Waals surface area contributed by atoms with Crippen LogP contribution in [0.25, 0.3) is 0 Å². The Hall–Kier alpha value is -2.40. The molecule has 0 saturated carbocycles. The summed E-state index contributed by atoms with van der Waals surface area (Å²) < 4.78 is 5.79. The SMILES string of the molecule is CC1CCN(C(=O)Cc2cccc(OCc3cccnc3)c2)CC1O. The zero-order chi connectivity index (χ0) is 17.6. The molecule has 2 aromatic rings. The first-order chi connectivity index (χ1) is 12.1. The molecule has 5 heteroatoms. The van der Waals surface area contributed by atoms with E-state index in [0.717, 1.165) is 23.3 Å². The summed E-state index contributed by atoms with van der Waals surface area (Å²) in [4.78, 5) is 18.3. The fraction of sp³-hybridized carbons (Fsp3) is 0.400. The van der Waals surface area contributed by atoms with Crippen LogP contribution in [0.2, 0.25) is 0 Å². The molecule has 2 heterocycles. The van der Waals surface area contributed by atoms with Gasteiger partial charge in [0.1, 0.15) is 12.4 Å². The third-order valence-electron chi connectivity index (χ3n) is 4.65. The number of aliphatic hydroxyl groups is 1. The van der Waals surface area contributed by atoms with Crippen molar-refractivity contribution in [1.29, 1.82) is 0 Å². The molecular weight excluding hydrogens is 316 g/mol. The van der Waals surface area contributed by atoms with Gasteiger partial charge in [-0.15, -0.1) is 0 Å². The molecule has 1 saturated heterocycles. The molecule has 0 aliphatic carbocycles. The van der Waals surface area contributed by atoms with Crippen LogP contribution in [0.5, 0.6) is 5.75 Å². The second kappa shape index (κ2) is 8.12. The van der Waals surface area contributed by atoms with Gasteiger partial charge in [0.15, 0.2) is 0 Å². The highest BCUT2D eigenvalue weighted by atomic mass is 16.5. The molecule has 5 nitrogen and oxygen atoms in total. The molecule has 1 aliphatic heterocycles. The zero-order valence-corrected chi connectivity index (χ0v) is 14.5. The van der Waals surface area contributed by atoms with Gasteiger partial charge < -0.3 is 14.7 Å². The van der Waals surface area contributed by atoms with Gasteiger partial charge in [-0.1, -0.05) is 25.1 Å². The quantitative estimate of drug-likeness (QED) is 0.908. The summed E-state index contributed by atoms with van der Waals surface area (Å²) in [5.41, 5.74) is 1.92. The number of hydrogen-bond acceptors (Lipinski definition) is 4. The van der Waals surface area contributed by atoms with Crippen LogP contribution in [0, 0.1) is 5.92 Å². The van der Waals surface area contributed by atoms with Crippen molar-refractivity contribution in [3.63, 3.8) is 0 Å². The van der Waals surface area contributed by atoms with Gasteiger partial charge in [0.25, 0.3) is 0 Å². The Morgan fingerprint density at radius 2 is 2.16 bits per heavy atom. The maximum Gasteiger partial charge on any atom is 0.227 e. The van der Waals surface area contributed by atoms with Crippen molar-refractivity contribution in [3.05, 3.63) is 59.9 Å². The van der Waals surface area contributed by atoms with Crippen LogP contribution < -0.4 is 4.74 Å². The minimum absolute atomic E-state index is 0.0513. The lowest BCUT2D eigenvalue weighted by atomic mass is 9.95. The van der Waals surface area contributed by atoms with Gasteiger partial charge in [0.05, 0.1) is 12.5 Å². The number of pyridine rings is 1. The molecule has 1 amide bonds. The van der Waals surface area contributed by atoms with E-state index in [-0.39, 0.29) is 11.8 Å². The first kappa shape index (κ1) is 17.4. The Labute approximate surface area is 148 Å². The van der Waals surface area contributed by atoms with E-state index in [2.05, 4.69) is 4.98 Å². The van der Waals surface area contributed by atoms with Gasteiger partial charge in [-0.3, -0.25) is 9.78 Å². The highest BCUT2D eigenvalue weighted by molar-refractivity contribution is 5.79. The van der Waals surface area contributed by atoms with E-state index in [4.69, 9.17) is 4.74 Å². The predicted molar refractivity (Wildman–Crippen MR) is 95.1 cm³/mol. The normalized spacial score (nSPS) is 20.3. The second-order valence-electron chi connectivity index (χ2n) is 6.65. The number of amides is 1. The van der Waals surface area contributed by atoms with Crippen molar-refractivity contribution in [2.24, 2.45) is 5.92 Å². The van der Waals surface area contributed by atoms with Crippen LogP contribution in [-0.2, 0) is 17.8 Å². The van der Waals surface area contributed by atoms with Crippen molar-refractivity contribution >= 4 is 5.91 Å². The molecule has 0 spiro atoms. The number of piperidine rings is 1. The van der Waals surface area contributed by atoms with Gasteiger partial charge in [0.2, 0.25) is 5.91 Å². The number of benzene rings is 1. The molecule has 1 aliphatic rings. The standard InChI is InChI=1S/C20H24N2O3/c1-15-7-9-22(13-19(15)23)20(24)11-16-4-2-6-18(10-16)25-14-17-5-3-8-21-12-17/h2-6,8,10,12,15,19,23H,7,9,11,13-14H2,1H3. The number of ether oxygens (including phenoxy) is 1. The largest absolute Gasteiger partial charge is 0.489 e. The Kier molecular flexibility index (Phi) is 5.66. The van der Waals surface area contributed by atoms with Gasteiger partial charge in [-0.2, -0.15) is 0 Å². The summed E-state index contributed by atoms with van der Waals surface area (Å²) in [7, 11) is 0. The number of hydrogen-bond donors (Lipinski definition) is 1. The van der Waals surface area contributed by atoms with Crippen molar-refractivity contribution in [3.8, 4) is 5.75 Å². The Balaban J connectivity index is 1.57. The van der Waals surface area contributed by atoms with Crippen LogP contribution in [0.1, 0.15) is 24.5 Å². The zero-order valence-electron chi connectivity index (χ0n) is 14.5. The summed E-state index contributed by atoms with van der Waals surface area (Å²) >= 11 is 0. The highest BCUT2D eigenvalue weighted by Crippen LogP contribution is 2.19. The van der Waals surface area contributed by atoms with Crippen LogP contribution in [-0.4, -0.2) is 40.1 Å². The fourth-order valence-electron chi connectivity index (χ4n) is 2.96. The molecule has 1 aromatic carbocycles. The molecular formula is C20H24N2O3. The van der Waals surface area contributed by atoms with Gasteiger partial charge in [-0.25, -0.2) is 0 Å². The number of aliphatic hydroxyl groups excluding tert-OH is 1. The lowest BCUT2D eigenvalue weighted by molar-refractivity contribution is -0.134. The van der Waals surface area contributed by atoms with E-state index in [0.29, 0.717) is 26.1 Å². The molecule has 1 fully saturated rings. The maximum absolute atomic E-state index is 12.5. The smallest absolute Gasteiger partial charge is 0.227 e. The minimum Gasteiger partial charge on any atom is -0.489 e. The minimum atomic E-state index is -0.424. The monoisotopic (exact) mass is 340 g/mol. The number of rotatable bonds is 5. The number of nitrogens with zero attached hydrogens (tertiary/aromatic N) is 2. The van der Waals surface area contributed by atoms with Crippen molar-refractivity contribution in [2.75, 3.05) is 13.1 Å². The first-order valence-electron chi connectivity index (χ1n) is 8.68. The number of carbonyl (C=O) groups excluding carboxylic acids is 1. The summed E-state index contributed by atoms with van der Waals surface area (Å²) in [6.07, 6.45) is 4.25. The molecule has 3 rings (SSSR count). The predicted octanol–water partition coefficient (Wildman–Crippen LogP) is 2.43. The van der Waals surface area contributed by atoms with E-state index in [1.54, 1.807) is 17.3 Å². The molecule has 25 heavy (non-hydrogen) atoms. The van der Waals surface area contributed by atoms with Crippen LogP contribution in [0.15, 0.2) is 48.8 Å². The molecule has 0 radical (unpaired) electrons. The van der Waals surface area contributed by atoms with Crippen molar-refractivity contribution < 1.29 is 14.6 Å².